The summed E-state index contributed by atoms with van der Waals surface area (Å²) in [5, 5.41) is 10.9. The third kappa shape index (κ3) is 3.41. The minimum absolute atomic E-state index is 0.0683. The normalized spacial score (nSPS) is 11.8. The molecule has 1 atom stereocenters. The van der Waals surface area contributed by atoms with Crippen LogP contribution >= 0.6 is 0 Å². The molecule has 19 heavy (non-hydrogen) atoms. The fourth-order valence-electron chi connectivity index (χ4n) is 1.62. The zero-order chi connectivity index (χ0) is 14.6. The summed E-state index contributed by atoms with van der Waals surface area (Å²) in [4.78, 5) is 21.7. The monoisotopic (exact) mass is 268 g/mol. The minimum atomic E-state index is -0.981. The van der Waals surface area contributed by atoms with Crippen LogP contribution in [0.5, 0.6) is 5.75 Å². The Balaban J connectivity index is 3.10. The van der Waals surface area contributed by atoms with E-state index in [4.69, 9.17) is 10.5 Å². The number of nitro benzene ring substituents is 1. The molecule has 0 saturated heterocycles. The van der Waals surface area contributed by atoms with Crippen molar-refractivity contribution in [3.8, 4) is 5.75 Å². The topological polar surface area (TPSA) is 105 Å². The average molecular weight is 268 g/mol. The van der Waals surface area contributed by atoms with Crippen LogP contribution in [-0.2, 0) is 9.53 Å². The number of hydrogen-bond acceptors (Lipinski definition) is 6. The Labute approximate surface area is 110 Å². The summed E-state index contributed by atoms with van der Waals surface area (Å²) in [5.41, 5.74) is 6.56. The summed E-state index contributed by atoms with van der Waals surface area (Å²) in [6, 6.07) is 2.91. The van der Waals surface area contributed by atoms with Crippen molar-refractivity contribution in [2.75, 3.05) is 13.7 Å². The fourth-order valence-corrected chi connectivity index (χ4v) is 1.62. The number of carbonyl (C=O) groups excluding carboxylic acids is 1. The molecule has 0 heterocycles. The Morgan fingerprint density at radius 3 is 2.53 bits per heavy atom. The molecule has 0 fully saturated rings. The molecule has 0 aliphatic rings. The van der Waals surface area contributed by atoms with Crippen molar-refractivity contribution < 1.29 is 19.2 Å². The lowest BCUT2D eigenvalue weighted by molar-refractivity contribution is -0.385. The molecule has 1 aromatic rings. The predicted octanol–water partition coefficient (Wildman–Crippen LogP) is 1.09. The number of rotatable bonds is 5. The lowest BCUT2D eigenvalue weighted by Gasteiger charge is -2.16. The third-order valence-corrected chi connectivity index (χ3v) is 2.64. The Hall–Kier alpha value is -2.15. The van der Waals surface area contributed by atoms with Gasteiger partial charge in [-0.3, -0.25) is 10.1 Å². The van der Waals surface area contributed by atoms with Gasteiger partial charge in [-0.1, -0.05) is 0 Å². The molecule has 0 bridgehead atoms. The number of nitrogens with zero attached hydrogens (tertiary/aromatic N) is 1. The van der Waals surface area contributed by atoms with E-state index in [1.165, 1.54) is 13.2 Å². The van der Waals surface area contributed by atoms with E-state index in [2.05, 4.69) is 4.74 Å². The van der Waals surface area contributed by atoms with Crippen molar-refractivity contribution in [2.45, 2.75) is 20.0 Å². The van der Waals surface area contributed by atoms with E-state index in [1.54, 1.807) is 19.9 Å². The molecule has 1 rings (SSSR count). The highest BCUT2D eigenvalue weighted by Crippen LogP contribution is 2.28. The first-order valence-corrected chi connectivity index (χ1v) is 5.60. The Bertz CT molecular complexity index is 501. The predicted molar refractivity (Wildman–Crippen MR) is 68.1 cm³/mol. The van der Waals surface area contributed by atoms with Crippen molar-refractivity contribution in [3.63, 3.8) is 0 Å². The van der Waals surface area contributed by atoms with Gasteiger partial charge in [0.2, 0.25) is 6.10 Å². The van der Waals surface area contributed by atoms with Gasteiger partial charge in [0.1, 0.15) is 5.75 Å². The van der Waals surface area contributed by atoms with Crippen molar-refractivity contribution in [1.29, 1.82) is 0 Å². The lowest BCUT2D eigenvalue weighted by atomic mass is 10.1. The molecule has 0 aliphatic carbocycles. The van der Waals surface area contributed by atoms with Crippen LogP contribution < -0.4 is 10.5 Å². The molecular weight excluding hydrogens is 252 g/mol. The van der Waals surface area contributed by atoms with Gasteiger partial charge in [0.05, 0.1) is 18.1 Å². The smallest absolute Gasteiger partial charge is 0.348 e. The van der Waals surface area contributed by atoms with Gasteiger partial charge in [0.25, 0.3) is 5.69 Å². The first-order chi connectivity index (χ1) is 8.90. The number of ether oxygens (including phenoxy) is 2. The number of nitro groups is 1. The lowest BCUT2D eigenvalue weighted by Crippen LogP contribution is -2.36. The van der Waals surface area contributed by atoms with E-state index < -0.39 is 17.0 Å². The van der Waals surface area contributed by atoms with Gasteiger partial charge >= 0.3 is 5.97 Å². The van der Waals surface area contributed by atoms with Gasteiger partial charge in [0, 0.05) is 12.1 Å². The first-order valence-electron chi connectivity index (χ1n) is 5.60. The standard InChI is InChI=1S/C12H16N2O5/c1-7-4-8(2)10(5-9(7)14(16)17)19-11(6-13)12(15)18-3/h4-5,11H,6,13H2,1-3H3. The second-order valence-electron chi connectivity index (χ2n) is 4.03. The van der Waals surface area contributed by atoms with Crippen molar-refractivity contribution in [3.05, 3.63) is 33.4 Å². The number of hydrogen-bond donors (Lipinski definition) is 1. The maximum Gasteiger partial charge on any atom is 0.348 e. The van der Waals surface area contributed by atoms with Crippen molar-refractivity contribution in [1.82, 2.24) is 0 Å². The maximum absolute atomic E-state index is 11.4. The second kappa shape index (κ2) is 6.14. The molecule has 0 saturated carbocycles. The molecule has 0 radical (unpaired) electrons. The number of esters is 1. The highest BCUT2D eigenvalue weighted by Gasteiger charge is 2.22. The summed E-state index contributed by atoms with van der Waals surface area (Å²) >= 11 is 0. The highest BCUT2D eigenvalue weighted by atomic mass is 16.6. The quantitative estimate of drug-likeness (QED) is 0.487. The molecule has 7 nitrogen and oxygen atoms in total. The van der Waals surface area contributed by atoms with Gasteiger partial charge in [-0.05, 0) is 25.5 Å². The van der Waals surface area contributed by atoms with Crippen LogP contribution in [0.15, 0.2) is 12.1 Å². The minimum Gasteiger partial charge on any atom is -0.477 e. The van der Waals surface area contributed by atoms with E-state index in [1.807, 2.05) is 0 Å². The zero-order valence-corrected chi connectivity index (χ0v) is 11.0. The van der Waals surface area contributed by atoms with Crippen LogP contribution in [0.25, 0.3) is 0 Å². The molecule has 1 unspecified atom stereocenters. The SMILES string of the molecule is COC(=O)C(CN)Oc1cc([N+](=O)[O-])c(C)cc1C. The summed E-state index contributed by atoms with van der Waals surface area (Å²) in [6.45, 7) is 3.29. The van der Waals surface area contributed by atoms with Crippen molar-refractivity contribution in [2.24, 2.45) is 5.73 Å². The third-order valence-electron chi connectivity index (χ3n) is 2.64. The van der Waals surface area contributed by atoms with E-state index in [0.717, 1.165) is 0 Å². The zero-order valence-electron chi connectivity index (χ0n) is 11.0. The van der Waals surface area contributed by atoms with E-state index in [-0.39, 0.29) is 18.0 Å². The molecule has 0 amide bonds. The number of carbonyl (C=O) groups is 1. The van der Waals surface area contributed by atoms with Crippen molar-refractivity contribution >= 4 is 11.7 Å². The summed E-state index contributed by atoms with van der Waals surface area (Å²) in [7, 11) is 1.22. The molecule has 0 aromatic heterocycles. The van der Waals surface area contributed by atoms with E-state index in [9.17, 15) is 14.9 Å². The number of methoxy groups -OCH3 is 1. The first kappa shape index (κ1) is 14.9. The second-order valence-corrected chi connectivity index (χ2v) is 4.03. The van der Waals surface area contributed by atoms with Gasteiger partial charge < -0.3 is 15.2 Å². The Morgan fingerprint density at radius 2 is 2.05 bits per heavy atom. The van der Waals surface area contributed by atoms with E-state index in [0.29, 0.717) is 11.1 Å². The number of benzene rings is 1. The summed E-state index contributed by atoms with van der Waals surface area (Å²) < 4.78 is 9.93. The molecular formula is C12H16N2O5. The summed E-state index contributed by atoms with van der Waals surface area (Å²) in [6.07, 6.45) is -0.981. The largest absolute Gasteiger partial charge is 0.477 e. The van der Waals surface area contributed by atoms with Gasteiger partial charge in [-0.25, -0.2) is 4.79 Å². The van der Waals surface area contributed by atoms with Gasteiger partial charge in [0.15, 0.2) is 0 Å². The molecule has 7 heteroatoms. The molecule has 2 N–H and O–H groups in total. The molecule has 0 spiro atoms. The summed E-state index contributed by atoms with van der Waals surface area (Å²) in [5.74, 6) is -0.372. The fraction of sp³-hybridized carbons (Fsp3) is 0.417. The molecule has 0 aliphatic heterocycles. The molecule has 1 aromatic carbocycles. The number of nitrogens with two attached hydrogens (primary N) is 1. The highest BCUT2D eigenvalue weighted by molar-refractivity contribution is 5.75. The Kier molecular flexibility index (Phi) is 4.82. The maximum atomic E-state index is 11.4. The van der Waals surface area contributed by atoms with Crippen LogP contribution in [0.2, 0.25) is 0 Å². The van der Waals surface area contributed by atoms with Crippen LogP contribution in [0.3, 0.4) is 0 Å². The van der Waals surface area contributed by atoms with Crippen LogP contribution in [0, 0.1) is 24.0 Å². The molecule has 104 valence electrons. The van der Waals surface area contributed by atoms with Crippen LogP contribution in [0.1, 0.15) is 11.1 Å². The van der Waals surface area contributed by atoms with E-state index >= 15 is 0 Å². The van der Waals surface area contributed by atoms with Crippen LogP contribution in [0.4, 0.5) is 5.69 Å². The number of aryl methyl sites for hydroxylation is 2. The van der Waals surface area contributed by atoms with Gasteiger partial charge in [-0.2, -0.15) is 0 Å². The average Bonchev–Trinajstić information content (AvgIpc) is 2.36. The van der Waals surface area contributed by atoms with Crippen LogP contribution in [-0.4, -0.2) is 30.7 Å². The van der Waals surface area contributed by atoms with Gasteiger partial charge in [-0.15, -0.1) is 0 Å². The Morgan fingerprint density at radius 1 is 1.42 bits per heavy atom.